The van der Waals surface area contributed by atoms with Crippen LogP contribution in [0.25, 0.3) is 22.2 Å². The third-order valence-electron chi connectivity index (χ3n) is 10.1. The number of H-pyrrole nitrogens is 2. The molecule has 2 saturated heterocycles. The van der Waals surface area contributed by atoms with E-state index in [0.717, 1.165) is 65.8 Å². The Morgan fingerprint density at radius 2 is 1.41 bits per heavy atom. The molecule has 0 aliphatic carbocycles. The lowest BCUT2D eigenvalue weighted by atomic mass is 9.96. The Bertz CT molecular complexity index is 1940. The smallest absolute Gasteiger partial charge is 0.407 e. The van der Waals surface area contributed by atoms with E-state index >= 15 is 0 Å². The van der Waals surface area contributed by atoms with E-state index in [0.29, 0.717) is 24.0 Å². The molecule has 0 radical (unpaired) electrons. The summed E-state index contributed by atoms with van der Waals surface area (Å²) in [5.74, 6) is 8.18. The summed E-state index contributed by atoms with van der Waals surface area (Å²) in [5.41, 5.74) is 5.50. The molecule has 4 aromatic rings. The van der Waals surface area contributed by atoms with Crippen LogP contribution in [0, 0.1) is 29.6 Å². The Morgan fingerprint density at radius 1 is 0.796 bits per heavy atom. The van der Waals surface area contributed by atoms with E-state index in [-0.39, 0.29) is 89.7 Å². The number of imidazole rings is 2. The van der Waals surface area contributed by atoms with Crippen molar-refractivity contribution in [2.45, 2.75) is 78.4 Å². The molecule has 54 heavy (non-hydrogen) atoms. The van der Waals surface area contributed by atoms with Crippen LogP contribution in [0.1, 0.15) is 95.3 Å². The summed E-state index contributed by atoms with van der Waals surface area (Å²) in [4.78, 5) is 58.6. The van der Waals surface area contributed by atoms with Gasteiger partial charge >= 0.3 is 6.09 Å². The Kier molecular flexibility index (Phi) is 17.4. The highest BCUT2D eigenvalue weighted by Gasteiger charge is 2.38. The Hall–Kier alpha value is -3.71. The fraction of sp³-hybridized carbons (Fsp3) is 0.462. The second-order valence-corrected chi connectivity index (χ2v) is 14.1. The SMILES string of the molecule is COC(=O)N[C@H](C(=O)N1CCC[C@H]1c1ncc(C#Cc2ccc(-c3ccc4nc([C@@H]5CCCN5C(=O)[C@@H](C)C(C)C)[nH]c4c3)cc2)[nH]1)C(C)C.S.S.S.S. The summed E-state index contributed by atoms with van der Waals surface area (Å²) < 4.78 is 4.73. The minimum atomic E-state index is -0.683. The van der Waals surface area contributed by atoms with Gasteiger partial charge in [0.1, 0.15) is 23.4 Å². The topological polar surface area (TPSA) is 136 Å². The van der Waals surface area contributed by atoms with E-state index in [1.165, 1.54) is 7.11 Å². The van der Waals surface area contributed by atoms with Crippen molar-refractivity contribution < 1.29 is 19.1 Å². The Balaban J connectivity index is 0.00000252. The number of ether oxygens (including phenoxy) is 1. The molecule has 3 N–H and O–H groups in total. The number of aromatic nitrogens is 4. The van der Waals surface area contributed by atoms with E-state index in [4.69, 9.17) is 9.72 Å². The zero-order valence-corrected chi connectivity index (χ0v) is 35.7. The molecule has 294 valence electrons. The standard InChI is InChI=1S/C39H47N7O4.4H2S/c1-23(2)25(5)37(47)45-19-8-10-33(45)36-42-30-18-16-28(21-31(30)43-36)27-14-11-26(12-15-27)13-17-29-22-40-35(41-29)32-9-7-20-46(32)38(48)34(24(3)4)44-39(49)50-6;;;;/h11-12,14-16,18,21-25,32-34H,7-10,19-20H2,1-6H3,(H,40,41)(H,42,43)(H,44,49);4*1H2/t25-,32-,33-,34-;;;;/m0..../s1. The zero-order valence-electron chi connectivity index (χ0n) is 31.7. The van der Waals surface area contributed by atoms with Crippen molar-refractivity contribution in [1.82, 2.24) is 35.1 Å². The molecule has 0 bridgehead atoms. The van der Waals surface area contributed by atoms with Crippen LogP contribution in [0.5, 0.6) is 0 Å². The van der Waals surface area contributed by atoms with Gasteiger partial charge in [-0.15, -0.1) is 0 Å². The number of hydrogen-bond acceptors (Lipinski definition) is 6. The zero-order chi connectivity index (χ0) is 35.5. The maximum Gasteiger partial charge on any atom is 0.407 e. The van der Waals surface area contributed by atoms with Crippen LogP contribution in [-0.4, -0.2) is 73.9 Å². The number of fused-ring (bicyclic) bond motifs is 1. The van der Waals surface area contributed by atoms with Gasteiger partial charge in [-0.2, -0.15) is 54.0 Å². The first kappa shape index (κ1) is 46.4. The molecule has 2 aliphatic heterocycles. The quantitative estimate of drug-likeness (QED) is 0.168. The first-order chi connectivity index (χ1) is 24.0. The van der Waals surface area contributed by atoms with E-state index in [1.54, 1.807) is 11.1 Å². The van der Waals surface area contributed by atoms with Crippen LogP contribution < -0.4 is 5.32 Å². The Labute approximate surface area is 346 Å². The number of carbonyl (C=O) groups excluding carboxylic acids is 3. The average Bonchev–Trinajstić information content (AvgIpc) is 3.94. The van der Waals surface area contributed by atoms with Crippen molar-refractivity contribution in [2.75, 3.05) is 20.2 Å². The summed E-state index contributed by atoms with van der Waals surface area (Å²) in [7, 11) is 1.29. The molecule has 0 saturated carbocycles. The van der Waals surface area contributed by atoms with Gasteiger partial charge in [-0.3, -0.25) is 9.59 Å². The maximum absolute atomic E-state index is 13.4. The third kappa shape index (κ3) is 10.1. The van der Waals surface area contributed by atoms with E-state index < -0.39 is 12.1 Å². The molecule has 2 aromatic heterocycles. The van der Waals surface area contributed by atoms with Crippen LogP contribution in [-0.2, 0) is 14.3 Å². The van der Waals surface area contributed by atoms with Gasteiger partial charge < -0.3 is 29.8 Å². The number of carbonyl (C=O) groups is 3. The molecular weight excluding hydrogens is 759 g/mol. The van der Waals surface area contributed by atoms with Gasteiger partial charge in [0, 0.05) is 24.6 Å². The normalized spacial score (nSPS) is 17.3. The predicted octanol–water partition coefficient (Wildman–Crippen LogP) is 6.80. The summed E-state index contributed by atoms with van der Waals surface area (Å²) in [6, 6.07) is 13.4. The van der Waals surface area contributed by atoms with E-state index in [9.17, 15) is 14.4 Å². The molecule has 2 fully saturated rings. The first-order valence-corrected chi connectivity index (χ1v) is 17.7. The van der Waals surface area contributed by atoms with Gasteiger partial charge in [-0.25, -0.2) is 14.8 Å². The van der Waals surface area contributed by atoms with E-state index in [1.807, 2.05) is 43.9 Å². The number of benzene rings is 2. The number of nitrogens with one attached hydrogen (secondary N) is 3. The lowest BCUT2D eigenvalue weighted by molar-refractivity contribution is -0.137. The molecule has 6 rings (SSSR count). The molecule has 2 aliphatic rings. The van der Waals surface area contributed by atoms with Crippen LogP contribution in [0.2, 0.25) is 0 Å². The van der Waals surface area contributed by atoms with Crippen LogP contribution in [0.4, 0.5) is 4.79 Å². The number of methoxy groups -OCH3 is 1. The Morgan fingerprint density at radius 3 is 2.02 bits per heavy atom. The fourth-order valence-corrected chi connectivity index (χ4v) is 6.88. The number of likely N-dealkylation sites (tertiary alicyclic amines) is 2. The highest BCUT2D eigenvalue weighted by atomic mass is 32.1. The second kappa shape index (κ2) is 20.3. The number of rotatable bonds is 8. The molecule has 3 amide bonds. The largest absolute Gasteiger partial charge is 0.453 e. The van der Waals surface area contributed by atoms with Crippen molar-refractivity contribution in [3.63, 3.8) is 0 Å². The third-order valence-corrected chi connectivity index (χ3v) is 10.1. The van der Waals surface area contributed by atoms with Gasteiger partial charge in [-0.05, 0) is 78.8 Å². The molecule has 2 aromatic carbocycles. The summed E-state index contributed by atoms with van der Waals surface area (Å²) in [6.45, 7) is 11.4. The van der Waals surface area contributed by atoms with Crippen molar-refractivity contribution >= 4 is 82.9 Å². The summed E-state index contributed by atoms with van der Waals surface area (Å²) in [6.07, 6.45) is 4.60. The number of amides is 3. The van der Waals surface area contributed by atoms with Crippen molar-refractivity contribution in [3.05, 3.63) is 71.6 Å². The second-order valence-electron chi connectivity index (χ2n) is 14.1. The molecular formula is C39H55N7O4S4. The minimum Gasteiger partial charge on any atom is -0.453 e. The first-order valence-electron chi connectivity index (χ1n) is 17.7. The molecule has 11 nitrogen and oxygen atoms in total. The number of alkyl carbamates (subject to hydrolysis) is 1. The summed E-state index contributed by atoms with van der Waals surface area (Å²) >= 11 is 0. The van der Waals surface area contributed by atoms with Gasteiger partial charge in [0.25, 0.3) is 0 Å². The molecule has 0 spiro atoms. The number of aromatic amines is 2. The monoisotopic (exact) mass is 813 g/mol. The maximum atomic E-state index is 13.4. The highest BCUT2D eigenvalue weighted by molar-refractivity contribution is 7.59. The molecule has 15 heteroatoms. The van der Waals surface area contributed by atoms with Gasteiger partial charge in [0.15, 0.2) is 0 Å². The van der Waals surface area contributed by atoms with Gasteiger partial charge in [-0.1, -0.05) is 58.7 Å². The molecule has 0 unspecified atom stereocenters. The van der Waals surface area contributed by atoms with Crippen LogP contribution >= 0.6 is 54.0 Å². The fourth-order valence-electron chi connectivity index (χ4n) is 6.88. The van der Waals surface area contributed by atoms with Gasteiger partial charge in [0.2, 0.25) is 11.8 Å². The van der Waals surface area contributed by atoms with Crippen molar-refractivity contribution in [3.8, 4) is 23.0 Å². The van der Waals surface area contributed by atoms with Crippen molar-refractivity contribution in [1.29, 1.82) is 0 Å². The van der Waals surface area contributed by atoms with Gasteiger partial charge in [0.05, 0.1) is 36.4 Å². The number of nitrogens with zero attached hydrogens (tertiary/aromatic N) is 4. The van der Waals surface area contributed by atoms with Crippen LogP contribution in [0.3, 0.4) is 0 Å². The molecule has 4 heterocycles. The lowest BCUT2D eigenvalue weighted by Gasteiger charge is -2.29. The minimum absolute atomic E-state index is 0. The average molecular weight is 814 g/mol. The predicted molar refractivity (Wildman–Crippen MR) is 233 cm³/mol. The van der Waals surface area contributed by atoms with Crippen LogP contribution in [0.15, 0.2) is 48.7 Å². The number of hydrogen-bond donors (Lipinski definition) is 3. The highest BCUT2D eigenvalue weighted by Crippen LogP contribution is 2.35. The summed E-state index contributed by atoms with van der Waals surface area (Å²) in [5, 5.41) is 2.68. The molecule has 4 atom stereocenters. The van der Waals surface area contributed by atoms with E-state index in [2.05, 4.69) is 70.2 Å². The lowest BCUT2D eigenvalue weighted by Crippen LogP contribution is -2.51. The van der Waals surface area contributed by atoms with Crippen molar-refractivity contribution in [2.24, 2.45) is 17.8 Å².